The van der Waals surface area contributed by atoms with Gasteiger partial charge >= 0.3 is 0 Å². The van der Waals surface area contributed by atoms with Crippen LogP contribution in [0.2, 0.25) is 0 Å². The Hall–Kier alpha value is -0.730. The van der Waals surface area contributed by atoms with E-state index in [4.69, 9.17) is 14.3 Å². The fraction of sp³-hybridized carbons (Fsp3) is 0.947. The molecule has 150 valence electrons. The van der Waals surface area contributed by atoms with Crippen LogP contribution in [-0.4, -0.2) is 70.4 Å². The standard InChI is InChI=1S/C19H33NO6/c1-18(2,23)12-4-6-19(7-5-12)10-13(20-26-19)8-16-15(24-3)9-14(22)17(11-21)25-16/h12,14-17,21-23H,4-11H2,1-3H3. The molecular weight excluding hydrogens is 338 g/mol. The summed E-state index contributed by atoms with van der Waals surface area (Å²) >= 11 is 0. The molecule has 0 aromatic rings. The van der Waals surface area contributed by atoms with Crippen LogP contribution >= 0.6 is 0 Å². The maximum Gasteiger partial charge on any atom is 0.143 e. The molecule has 3 rings (SSSR count). The number of nitrogens with zero attached hydrogens (tertiary/aromatic N) is 1. The molecule has 7 nitrogen and oxygen atoms in total. The molecule has 3 N–H and O–H groups in total. The van der Waals surface area contributed by atoms with Crippen molar-refractivity contribution in [2.75, 3.05) is 13.7 Å². The van der Waals surface area contributed by atoms with Gasteiger partial charge in [0.05, 0.1) is 36.2 Å². The van der Waals surface area contributed by atoms with Gasteiger partial charge in [-0.2, -0.15) is 0 Å². The quantitative estimate of drug-likeness (QED) is 0.675. The van der Waals surface area contributed by atoms with Crippen molar-refractivity contribution < 1.29 is 29.6 Å². The molecule has 0 bridgehead atoms. The Bertz CT molecular complexity index is 509. The Morgan fingerprint density at radius 2 is 1.96 bits per heavy atom. The average molecular weight is 371 g/mol. The molecule has 0 radical (unpaired) electrons. The zero-order valence-corrected chi connectivity index (χ0v) is 16.1. The van der Waals surface area contributed by atoms with Gasteiger partial charge in [0.15, 0.2) is 0 Å². The predicted octanol–water partition coefficient (Wildman–Crippen LogP) is 1.38. The van der Waals surface area contributed by atoms with Gasteiger partial charge in [-0.1, -0.05) is 5.16 Å². The number of rotatable bonds is 5. The lowest BCUT2D eigenvalue weighted by molar-refractivity contribution is -0.183. The van der Waals surface area contributed by atoms with E-state index in [9.17, 15) is 15.3 Å². The van der Waals surface area contributed by atoms with Crippen LogP contribution in [0.15, 0.2) is 5.16 Å². The van der Waals surface area contributed by atoms with Crippen molar-refractivity contribution in [3.8, 4) is 0 Å². The summed E-state index contributed by atoms with van der Waals surface area (Å²) in [6, 6.07) is 0. The van der Waals surface area contributed by atoms with Crippen LogP contribution in [0.4, 0.5) is 0 Å². The smallest absolute Gasteiger partial charge is 0.143 e. The van der Waals surface area contributed by atoms with E-state index in [-0.39, 0.29) is 24.4 Å². The van der Waals surface area contributed by atoms with Crippen molar-refractivity contribution in [1.29, 1.82) is 0 Å². The first-order chi connectivity index (χ1) is 12.3. The molecule has 0 amide bonds. The molecule has 4 atom stereocenters. The molecule has 2 aliphatic heterocycles. The SMILES string of the molecule is COC1CC(O)C(CO)OC1CC1=NOC2(CCC(C(C)(C)O)CC2)C1. The van der Waals surface area contributed by atoms with Gasteiger partial charge in [-0.15, -0.1) is 0 Å². The molecule has 26 heavy (non-hydrogen) atoms. The number of aliphatic hydroxyl groups is 3. The van der Waals surface area contributed by atoms with Crippen LogP contribution < -0.4 is 0 Å². The molecule has 0 aromatic carbocycles. The van der Waals surface area contributed by atoms with Crippen molar-refractivity contribution in [2.24, 2.45) is 11.1 Å². The molecule has 7 heteroatoms. The number of hydrogen-bond donors (Lipinski definition) is 3. The third-order valence-corrected chi connectivity index (χ3v) is 6.38. The maximum absolute atomic E-state index is 10.2. The van der Waals surface area contributed by atoms with E-state index < -0.39 is 17.8 Å². The lowest BCUT2D eigenvalue weighted by atomic mass is 9.71. The molecular formula is C19H33NO6. The molecule has 0 aromatic heterocycles. The highest BCUT2D eigenvalue weighted by molar-refractivity contribution is 5.86. The number of methoxy groups -OCH3 is 1. The molecule has 3 aliphatic rings. The van der Waals surface area contributed by atoms with Crippen LogP contribution in [0.25, 0.3) is 0 Å². The summed E-state index contributed by atoms with van der Waals surface area (Å²) in [5, 5.41) is 33.9. The summed E-state index contributed by atoms with van der Waals surface area (Å²) in [4.78, 5) is 5.85. The van der Waals surface area contributed by atoms with Crippen molar-refractivity contribution >= 4 is 5.71 Å². The largest absolute Gasteiger partial charge is 0.394 e. The van der Waals surface area contributed by atoms with Crippen LogP contribution in [0, 0.1) is 5.92 Å². The van der Waals surface area contributed by atoms with Gasteiger partial charge in [-0.25, -0.2) is 0 Å². The zero-order valence-electron chi connectivity index (χ0n) is 16.1. The van der Waals surface area contributed by atoms with Crippen molar-refractivity contribution in [3.63, 3.8) is 0 Å². The normalized spacial score (nSPS) is 41.2. The van der Waals surface area contributed by atoms with Gasteiger partial charge in [-0.05, 0) is 45.4 Å². The summed E-state index contributed by atoms with van der Waals surface area (Å²) in [7, 11) is 1.61. The lowest BCUT2D eigenvalue weighted by Gasteiger charge is -2.40. The lowest BCUT2D eigenvalue weighted by Crippen LogP contribution is -2.50. The summed E-state index contributed by atoms with van der Waals surface area (Å²) in [5.41, 5.74) is 0.0578. The zero-order chi connectivity index (χ0) is 18.9. The molecule has 1 aliphatic carbocycles. The first kappa shape index (κ1) is 20.0. The maximum atomic E-state index is 10.2. The number of ether oxygens (including phenoxy) is 2. The first-order valence-electron chi connectivity index (χ1n) is 9.70. The number of aliphatic hydroxyl groups excluding tert-OH is 2. The second-order valence-electron chi connectivity index (χ2n) is 8.71. The highest BCUT2D eigenvalue weighted by Gasteiger charge is 2.46. The molecule has 1 spiro atoms. The molecule has 4 unspecified atom stereocenters. The average Bonchev–Trinajstić information content (AvgIpc) is 2.97. The van der Waals surface area contributed by atoms with Gasteiger partial charge in [0.1, 0.15) is 11.7 Å². The minimum absolute atomic E-state index is 0.209. The highest BCUT2D eigenvalue weighted by atomic mass is 16.7. The van der Waals surface area contributed by atoms with Gasteiger partial charge < -0.3 is 29.6 Å². The van der Waals surface area contributed by atoms with Crippen LogP contribution in [0.3, 0.4) is 0 Å². The minimum Gasteiger partial charge on any atom is -0.394 e. The third kappa shape index (κ3) is 4.22. The Kier molecular flexibility index (Phi) is 5.94. The Morgan fingerprint density at radius 1 is 1.27 bits per heavy atom. The van der Waals surface area contributed by atoms with E-state index in [1.807, 2.05) is 13.8 Å². The second kappa shape index (κ2) is 7.72. The topological polar surface area (TPSA) is 101 Å². The Labute approximate surface area is 155 Å². The molecule has 2 fully saturated rings. The Morgan fingerprint density at radius 3 is 2.54 bits per heavy atom. The highest BCUT2D eigenvalue weighted by Crippen LogP contribution is 2.44. The van der Waals surface area contributed by atoms with E-state index in [0.29, 0.717) is 18.8 Å². The van der Waals surface area contributed by atoms with Crippen molar-refractivity contribution in [3.05, 3.63) is 0 Å². The minimum atomic E-state index is -0.716. The van der Waals surface area contributed by atoms with Crippen molar-refractivity contribution in [2.45, 2.75) is 94.4 Å². The van der Waals surface area contributed by atoms with Gasteiger partial charge in [-0.3, -0.25) is 0 Å². The summed E-state index contributed by atoms with van der Waals surface area (Å²) < 4.78 is 11.3. The first-order valence-corrected chi connectivity index (χ1v) is 9.70. The van der Waals surface area contributed by atoms with Crippen molar-refractivity contribution in [1.82, 2.24) is 0 Å². The van der Waals surface area contributed by atoms with Crippen LogP contribution in [0.1, 0.15) is 58.8 Å². The van der Waals surface area contributed by atoms with Crippen LogP contribution in [0.5, 0.6) is 0 Å². The predicted molar refractivity (Wildman–Crippen MR) is 95.9 cm³/mol. The van der Waals surface area contributed by atoms with E-state index in [1.165, 1.54) is 0 Å². The fourth-order valence-corrected chi connectivity index (χ4v) is 4.59. The van der Waals surface area contributed by atoms with E-state index in [0.717, 1.165) is 37.8 Å². The van der Waals surface area contributed by atoms with Gasteiger partial charge in [0.2, 0.25) is 0 Å². The number of hydrogen-bond acceptors (Lipinski definition) is 7. The van der Waals surface area contributed by atoms with Crippen LogP contribution in [-0.2, 0) is 14.3 Å². The summed E-state index contributed by atoms with van der Waals surface area (Å²) in [6.45, 7) is 3.55. The number of oxime groups is 1. The third-order valence-electron chi connectivity index (χ3n) is 6.38. The monoisotopic (exact) mass is 371 g/mol. The van der Waals surface area contributed by atoms with Gasteiger partial charge in [0.25, 0.3) is 0 Å². The summed E-state index contributed by atoms with van der Waals surface area (Å²) in [6.07, 6.45) is 3.70. The fourth-order valence-electron chi connectivity index (χ4n) is 4.59. The molecule has 1 saturated heterocycles. The Balaban J connectivity index is 1.56. The van der Waals surface area contributed by atoms with E-state index >= 15 is 0 Å². The molecule has 1 saturated carbocycles. The summed E-state index contributed by atoms with van der Waals surface area (Å²) in [5.74, 6) is 0.298. The van der Waals surface area contributed by atoms with E-state index in [2.05, 4.69) is 5.16 Å². The second-order valence-corrected chi connectivity index (χ2v) is 8.71. The molecule has 2 heterocycles. The van der Waals surface area contributed by atoms with E-state index in [1.54, 1.807) is 7.11 Å². The van der Waals surface area contributed by atoms with Gasteiger partial charge in [0, 0.05) is 26.4 Å².